The molecule has 2 amide bonds. The molecule has 44 heavy (non-hydrogen) atoms. The van der Waals surface area contributed by atoms with Gasteiger partial charge in [-0.15, -0.1) is 0 Å². The highest BCUT2D eigenvalue weighted by atomic mass is 16.5. The minimum Gasteiger partial charge on any atom is -0.481 e. The zero-order valence-electron chi connectivity index (χ0n) is 24.9. The van der Waals surface area contributed by atoms with Gasteiger partial charge in [-0.1, -0.05) is 12.5 Å². The molecule has 234 valence electrons. The third-order valence-electron chi connectivity index (χ3n) is 8.81. The van der Waals surface area contributed by atoms with Crippen LogP contribution >= 0.6 is 0 Å². The van der Waals surface area contributed by atoms with Gasteiger partial charge in [-0.2, -0.15) is 0 Å². The van der Waals surface area contributed by atoms with Gasteiger partial charge in [0.05, 0.1) is 30.2 Å². The zero-order chi connectivity index (χ0) is 31.2. The first-order valence-corrected chi connectivity index (χ1v) is 15.2. The number of unbranched alkanes of at least 4 members (excludes halogenated alkanes) is 2. The molecule has 0 unspecified atom stereocenters. The van der Waals surface area contributed by atoms with E-state index in [-0.39, 0.29) is 43.6 Å². The van der Waals surface area contributed by atoms with Crippen LogP contribution in [0.4, 0.5) is 0 Å². The molecule has 5 rings (SSSR count). The van der Waals surface area contributed by atoms with Crippen molar-refractivity contribution in [3.63, 3.8) is 0 Å². The molecular weight excluding hydrogens is 567 g/mol. The number of pyridine rings is 1. The van der Waals surface area contributed by atoms with E-state index in [9.17, 15) is 24.5 Å². The molecule has 0 aromatic carbocycles. The number of amides is 2. The van der Waals surface area contributed by atoms with Crippen molar-refractivity contribution < 1.29 is 43.4 Å². The number of hydrogen-bond donors (Lipinski definition) is 3. The number of methoxy groups -OCH3 is 1. The Bertz CT molecular complexity index is 1410. The highest BCUT2D eigenvalue weighted by Gasteiger charge is 2.57. The Balaban J connectivity index is 1.38. The SMILES string of the molecule is COCC1=C2[C@@H](CC/C(=C/c3ccc(CO)o3)c3ccccn3)OB(O)C[C@@H]2[C@@H]2C(=O)N(CCCCCC(=O)O)C(=O)[C@@H]2C1. The molecule has 4 atom stereocenters. The van der Waals surface area contributed by atoms with Crippen LogP contribution in [0.2, 0.25) is 6.32 Å². The molecule has 0 spiro atoms. The van der Waals surface area contributed by atoms with Crippen molar-refractivity contribution in [3.8, 4) is 0 Å². The highest BCUT2D eigenvalue weighted by Crippen LogP contribution is 2.50. The molecule has 2 fully saturated rings. The molecule has 2 aliphatic heterocycles. The van der Waals surface area contributed by atoms with Gasteiger partial charge in [-0.05, 0) is 91.4 Å². The number of allylic oxidation sites excluding steroid dienone is 1. The van der Waals surface area contributed by atoms with E-state index >= 15 is 0 Å². The molecular formula is C32H39BN2O9. The number of aliphatic hydroxyl groups excluding tert-OH is 1. The monoisotopic (exact) mass is 606 g/mol. The van der Waals surface area contributed by atoms with E-state index in [0.29, 0.717) is 56.7 Å². The normalized spacial score (nSPS) is 23.8. The number of ether oxygens (including phenoxy) is 1. The molecule has 0 radical (unpaired) electrons. The van der Waals surface area contributed by atoms with E-state index in [1.807, 2.05) is 24.3 Å². The van der Waals surface area contributed by atoms with Crippen molar-refractivity contribution in [2.75, 3.05) is 20.3 Å². The van der Waals surface area contributed by atoms with Gasteiger partial charge in [0.2, 0.25) is 11.8 Å². The van der Waals surface area contributed by atoms with Crippen LogP contribution in [0.15, 0.2) is 52.1 Å². The molecule has 3 aliphatic rings. The average Bonchev–Trinajstić information content (AvgIpc) is 3.56. The lowest BCUT2D eigenvalue weighted by atomic mass is 9.58. The first-order valence-electron chi connectivity index (χ1n) is 15.2. The van der Waals surface area contributed by atoms with Gasteiger partial charge in [0.25, 0.3) is 0 Å². The number of carboxylic acid groups (broad SMARTS) is 1. The summed E-state index contributed by atoms with van der Waals surface area (Å²) in [5.41, 5.74) is 3.51. The minimum atomic E-state index is -1.09. The van der Waals surface area contributed by atoms with E-state index in [1.165, 1.54) is 4.90 Å². The molecule has 0 saturated carbocycles. The summed E-state index contributed by atoms with van der Waals surface area (Å²) in [5, 5.41) is 29.2. The lowest BCUT2D eigenvalue weighted by Crippen LogP contribution is -2.46. The Morgan fingerprint density at radius 1 is 1.14 bits per heavy atom. The van der Waals surface area contributed by atoms with Crippen LogP contribution in [0.5, 0.6) is 0 Å². The van der Waals surface area contributed by atoms with Gasteiger partial charge in [-0.3, -0.25) is 24.3 Å². The van der Waals surface area contributed by atoms with Crippen LogP contribution in [0.25, 0.3) is 11.6 Å². The van der Waals surface area contributed by atoms with E-state index < -0.39 is 31.0 Å². The number of fused-ring (bicyclic) bond motifs is 3. The standard InChI is InChI=1S/C32H39BN2O9/c1-42-19-21-16-24-30(32(40)35(31(24)39)14-6-2-3-8-28(37)38)25-17-33(41)44-27(29(21)25)12-9-20(26-7-4-5-13-34-26)15-22-10-11-23(18-36)43-22/h4-5,7,10-11,13,15,24-25,27,30,36,41H,2-3,6,8-9,12,14,16-19H2,1H3,(H,37,38)/b20-15-/t24-,25+,27-,30-/m1/s1. The Morgan fingerprint density at radius 2 is 1.98 bits per heavy atom. The van der Waals surface area contributed by atoms with Crippen molar-refractivity contribution in [3.05, 3.63) is 64.9 Å². The van der Waals surface area contributed by atoms with Crippen LogP contribution in [-0.4, -0.2) is 76.4 Å². The molecule has 12 heteroatoms. The summed E-state index contributed by atoms with van der Waals surface area (Å²) >= 11 is 0. The second-order valence-corrected chi connectivity index (χ2v) is 11.7. The second kappa shape index (κ2) is 14.5. The van der Waals surface area contributed by atoms with Crippen LogP contribution < -0.4 is 0 Å². The largest absolute Gasteiger partial charge is 0.481 e. The van der Waals surface area contributed by atoms with Crippen molar-refractivity contribution >= 4 is 36.6 Å². The molecule has 11 nitrogen and oxygen atoms in total. The van der Waals surface area contributed by atoms with Gasteiger partial charge >= 0.3 is 13.1 Å². The van der Waals surface area contributed by atoms with Crippen LogP contribution in [0.1, 0.15) is 62.2 Å². The Kier molecular flexibility index (Phi) is 10.5. The Labute approximate surface area is 256 Å². The number of nitrogens with zero attached hydrogens (tertiary/aromatic N) is 2. The second-order valence-electron chi connectivity index (χ2n) is 11.7. The molecule has 2 aromatic rings. The van der Waals surface area contributed by atoms with Gasteiger partial charge in [0.1, 0.15) is 18.1 Å². The number of carbonyl (C=O) groups is 3. The number of furan rings is 1. The van der Waals surface area contributed by atoms with E-state index in [0.717, 1.165) is 22.4 Å². The maximum absolute atomic E-state index is 13.7. The van der Waals surface area contributed by atoms with Crippen LogP contribution in [0, 0.1) is 17.8 Å². The van der Waals surface area contributed by atoms with Gasteiger partial charge in [0, 0.05) is 26.3 Å². The predicted molar refractivity (Wildman–Crippen MR) is 160 cm³/mol. The molecule has 3 N–H and O–H groups in total. The number of aliphatic carboxylic acids is 1. The van der Waals surface area contributed by atoms with Gasteiger partial charge in [-0.25, -0.2) is 0 Å². The smallest absolute Gasteiger partial charge is 0.455 e. The molecule has 2 saturated heterocycles. The molecule has 2 aromatic heterocycles. The fourth-order valence-corrected chi connectivity index (χ4v) is 6.92. The fraction of sp³-hybridized carbons (Fsp3) is 0.500. The third-order valence-corrected chi connectivity index (χ3v) is 8.81. The minimum absolute atomic E-state index is 0.0601. The van der Waals surface area contributed by atoms with Crippen LogP contribution in [-0.2, 0) is 30.4 Å². The van der Waals surface area contributed by atoms with Gasteiger partial charge in [0.15, 0.2) is 0 Å². The van der Waals surface area contributed by atoms with E-state index in [4.69, 9.17) is 18.9 Å². The number of imide groups is 1. The van der Waals surface area contributed by atoms with Crippen LogP contribution in [0.3, 0.4) is 0 Å². The number of rotatable bonds is 14. The van der Waals surface area contributed by atoms with Crippen molar-refractivity contribution in [2.45, 2.75) is 64.0 Å². The maximum Gasteiger partial charge on any atom is 0.455 e. The first-order chi connectivity index (χ1) is 21.3. The number of aliphatic hydroxyl groups is 1. The molecule has 0 bridgehead atoms. The fourth-order valence-electron chi connectivity index (χ4n) is 6.92. The lowest BCUT2D eigenvalue weighted by molar-refractivity contribution is -0.141. The topological polar surface area (TPSA) is 160 Å². The number of carbonyl (C=O) groups excluding carboxylic acids is 2. The summed E-state index contributed by atoms with van der Waals surface area (Å²) in [4.78, 5) is 43.9. The average molecular weight is 606 g/mol. The Morgan fingerprint density at radius 3 is 2.68 bits per heavy atom. The summed E-state index contributed by atoms with van der Waals surface area (Å²) in [6, 6.07) is 9.14. The molecule has 4 heterocycles. The quantitative estimate of drug-likeness (QED) is 0.126. The maximum atomic E-state index is 13.7. The zero-order valence-corrected chi connectivity index (χ0v) is 24.9. The summed E-state index contributed by atoms with van der Waals surface area (Å²) in [6.45, 7) is 0.349. The summed E-state index contributed by atoms with van der Waals surface area (Å²) in [5.74, 6) is -1.72. The number of aromatic nitrogens is 1. The summed E-state index contributed by atoms with van der Waals surface area (Å²) in [6.07, 6.45) is 6.41. The number of carboxylic acids is 1. The number of hydrogen-bond acceptors (Lipinski definition) is 9. The summed E-state index contributed by atoms with van der Waals surface area (Å²) in [7, 11) is 0.503. The highest BCUT2D eigenvalue weighted by molar-refractivity contribution is 6.43. The lowest BCUT2D eigenvalue weighted by Gasteiger charge is -2.43. The molecule has 1 aliphatic carbocycles. The van der Waals surface area contributed by atoms with Crippen molar-refractivity contribution in [1.82, 2.24) is 9.88 Å². The van der Waals surface area contributed by atoms with Gasteiger partial charge < -0.3 is 29.0 Å². The van der Waals surface area contributed by atoms with Crippen molar-refractivity contribution in [1.29, 1.82) is 0 Å². The number of likely N-dealkylation sites (tertiary alicyclic amines) is 1. The first kappa shape index (κ1) is 31.8. The third kappa shape index (κ3) is 7.04. The van der Waals surface area contributed by atoms with E-state index in [1.54, 1.807) is 25.4 Å². The van der Waals surface area contributed by atoms with Crippen molar-refractivity contribution in [2.24, 2.45) is 17.8 Å². The predicted octanol–water partition coefficient (Wildman–Crippen LogP) is 3.58. The van der Waals surface area contributed by atoms with E-state index in [2.05, 4.69) is 4.98 Å². The summed E-state index contributed by atoms with van der Waals surface area (Å²) < 4.78 is 17.4. The Hall–Kier alpha value is -3.58.